The summed E-state index contributed by atoms with van der Waals surface area (Å²) in [6, 6.07) is 12.0. The Labute approximate surface area is 181 Å². The van der Waals surface area contributed by atoms with Gasteiger partial charge >= 0.3 is 0 Å². The second-order valence-electron chi connectivity index (χ2n) is 8.57. The van der Waals surface area contributed by atoms with Crippen LogP contribution in [0.1, 0.15) is 18.4 Å². The van der Waals surface area contributed by atoms with Gasteiger partial charge in [0.15, 0.2) is 0 Å². The molecule has 3 N–H and O–H groups in total. The second-order valence-corrected chi connectivity index (χ2v) is 8.57. The highest BCUT2D eigenvalue weighted by atomic mass is 16.1. The van der Waals surface area contributed by atoms with E-state index in [-0.39, 0.29) is 11.8 Å². The van der Waals surface area contributed by atoms with Gasteiger partial charge in [-0.15, -0.1) is 5.10 Å². The van der Waals surface area contributed by atoms with Crippen LogP contribution in [0.2, 0.25) is 0 Å². The number of hydrogen-bond donors (Lipinski definition) is 2. The normalized spacial score (nSPS) is 24.8. The molecule has 0 aliphatic carbocycles. The third-order valence-electron chi connectivity index (χ3n) is 6.52. The first-order valence-corrected chi connectivity index (χ1v) is 10.8. The number of anilines is 1. The van der Waals surface area contributed by atoms with Crippen molar-refractivity contribution in [2.45, 2.75) is 32.0 Å². The maximum Gasteiger partial charge on any atom is 0.224 e. The van der Waals surface area contributed by atoms with E-state index in [1.807, 2.05) is 47.3 Å². The number of nitrogens with zero attached hydrogens (tertiary/aromatic N) is 5. The number of carbonyl (C=O) groups excluding carboxylic acids is 1. The molecule has 3 aliphatic heterocycles. The van der Waals surface area contributed by atoms with Crippen LogP contribution in [0.3, 0.4) is 0 Å². The molecule has 0 radical (unpaired) electrons. The van der Waals surface area contributed by atoms with Gasteiger partial charge in [-0.2, -0.15) is 0 Å². The molecule has 3 aliphatic rings. The Balaban J connectivity index is 1.19. The van der Waals surface area contributed by atoms with Gasteiger partial charge in [0.2, 0.25) is 5.91 Å². The monoisotopic (exact) mass is 417 g/mol. The molecular formula is C23H27N7O. The minimum Gasteiger partial charge on any atom is -0.399 e. The minimum absolute atomic E-state index is 0.0558. The molecule has 2 aromatic heterocycles. The van der Waals surface area contributed by atoms with Gasteiger partial charge in [0, 0.05) is 42.8 Å². The zero-order chi connectivity index (χ0) is 21.2. The summed E-state index contributed by atoms with van der Waals surface area (Å²) in [4.78, 5) is 19.4. The summed E-state index contributed by atoms with van der Waals surface area (Å²) in [6.07, 6.45) is 7.61. The molecule has 0 spiro atoms. The van der Waals surface area contributed by atoms with Crippen molar-refractivity contribution in [2.24, 2.45) is 11.8 Å². The number of amides is 1. The number of pyridine rings is 1. The lowest BCUT2D eigenvalue weighted by atomic mass is 9.75. The summed E-state index contributed by atoms with van der Waals surface area (Å²) in [5, 5.41) is 11.8. The summed E-state index contributed by atoms with van der Waals surface area (Å²) < 4.78 is 1.92. The van der Waals surface area contributed by atoms with E-state index < -0.39 is 0 Å². The molecule has 5 heterocycles. The van der Waals surface area contributed by atoms with E-state index >= 15 is 0 Å². The minimum atomic E-state index is 0.0558. The highest BCUT2D eigenvalue weighted by molar-refractivity contribution is 5.79. The largest absolute Gasteiger partial charge is 0.399 e. The van der Waals surface area contributed by atoms with Gasteiger partial charge in [-0.3, -0.25) is 19.4 Å². The summed E-state index contributed by atoms with van der Waals surface area (Å²) in [6.45, 7) is 3.17. The third kappa shape index (κ3) is 4.29. The summed E-state index contributed by atoms with van der Waals surface area (Å²) in [5.41, 5.74) is 9.43. The van der Waals surface area contributed by atoms with Crippen LogP contribution in [-0.4, -0.2) is 49.9 Å². The first kappa shape index (κ1) is 19.7. The molecule has 3 fully saturated rings. The zero-order valence-electron chi connectivity index (χ0n) is 17.4. The van der Waals surface area contributed by atoms with Crippen LogP contribution in [0, 0.1) is 11.8 Å². The number of carbonyl (C=O) groups is 1. The first-order chi connectivity index (χ1) is 15.2. The lowest BCUT2D eigenvalue weighted by Gasteiger charge is -2.49. The number of fused-ring (bicyclic) bond motifs is 3. The first-order valence-electron chi connectivity index (χ1n) is 10.8. The van der Waals surface area contributed by atoms with Crippen molar-refractivity contribution >= 4 is 11.6 Å². The van der Waals surface area contributed by atoms with E-state index in [1.165, 1.54) is 0 Å². The molecule has 8 heteroatoms. The summed E-state index contributed by atoms with van der Waals surface area (Å²) >= 11 is 0. The van der Waals surface area contributed by atoms with Crippen LogP contribution < -0.4 is 11.1 Å². The number of piperidine rings is 3. The van der Waals surface area contributed by atoms with Crippen molar-refractivity contribution in [1.82, 2.24) is 30.2 Å². The smallest absolute Gasteiger partial charge is 0.224 e. The van der Waals surface area contributed by atoms with E-state index in [2.05, 4.69) is 25.5 Å². The van der Waals surface area contributed by atoms with Crippen molar-refractivity contribution in [3.63, 3.8) is 0 Å². The Bertz CT molecular complexity index is 1050. The Morgan fingerprint density at radius 1 is 1.26 bits per heavy atom. The van der Waals surface area contributed by atoms with Gasteiger partial charge in [-0.1, -0.05) is 23.4 Å². The van der Waals surface area contributed by atoms with Gasteiger partial charge in [-0.25, -0.2) is 0 Å². The molecule has 4 atom stereocenters. The molecule has 0 saturated carbocycles. The Morgan fingerprint density at radius 2 is 2.19 bits per heavy atom. The number of rotatable bonds is 6. The predicted octanol–water partition coefficient (Wildman–Crippen LogP) is 1.95. The molecule has 8 nitrogen and oxygen atoms in total. The van der Waals surface area contributed by atoms with E-state index in [9.17, 15) is 4.79 Å². The lowest BCUT2D eigenvalue weighted by molar-refractivity contribution is -0.133. The number of nitrogens with two attached hydrogens (primary N) is 1. The standard InChI is InChI=1S/C23H27N7O/c24-19-5-1-4-18(9-19)22-15-30(28-27-22)13-20-10-17-6-8-29(20)14-21(17)23(31)26-12-16-3-2-7-25-11-16/h1-5,7,9,11,15,17,20-21H,6,8,10,12-14,24H2,(H,26,31)/t17-,20-,21+/m1/s1. The maximum atomic E-state index is 12.8. The average Bonchev–Trinajstić information content (AvgIpc) is 3.27. The average molecular weight is 418 g/mol. The molecule has 1 amide bonds. The van der Waals surface area contributed by atoms with E-state index in [4.69, 9.17) is 5.73 Å². The van der Waals surface area contributed by atoms with Crippen molar-refractivity contribution in [3.8, 4) is 11.3 Å². The van der Waals surface area contributed by atoms with Crippen molar-refractivity contribution in [2.75, 3.05) is 18.8 Å². The lowest BCUT2D eigenvalue weighted by Crippen LogP contribution is -2.58. The van der Waals surface area contributed by atoms with Crippen molar-refractivity contribution in [3.05, 3.63) is 60.6 Å². The van der Waals surface area contributed by atoms with Gasteiger partial charge < -0.3 is 11.1 Å². The number of hydrogen-bond acceptors (Lipinski definition) is 6. The van der Waals surface area contributed by atoms with Gasteiger partial charge in [0.05, 0.1) is 18.7 Å². The van der Waals surface area contributed by atoms with Crippen LogP contribution in [-0.2, 0) is 17.9 Å². The fourth-order valence-corrected chi connectivity index (χ4v) is 4.88. The molecule has 1 aromatic carbocycles. The topological polar surface area (TPSA) is 102 Å². The Hall–Kier alpha value is -3.26. The molecule has 31 heavy (non-hydrogen) atoms. The molecule has 3 aromatic rings. The number of nitrogen functional groups attached to an aromatic ring is 1. The van der Waals surface area contributed by atoms with E-state index in [0.29, 0.717) is 18.5 Å². The highest BCUT2D eigenvalue weighted by Gasteiger charge is 2.43. The van der Waals surface area contributed by atoms with Gasteiger partial charge in [-0.05, 0) is 49.1 Å². The van der Waals surface area contributed by atoms with Crippen LogP contribution in [0.25, 0.3) is 11.3 Å². The molecule has 1 unspecified atom stereocenters. The maximum absolute atomic E-state index is 12.8. The summed E-state index contributed by atoms with van der Waals surface area (Å²) in [5.74, 6) is 0.628. The second kappa shape index (κ2) is 8.47. The molecule has 2 bridgehead atoms. The van der Waals surface area contributed by atoms with Gasteiger partial charge in [0.1, 0.15) is 5.69 Å². The number of nitrogens with one attached hydrogen (secondary N) is 1. The SMILES string of the molecule is Nc1cccc(-c2cn(C[C@H]3C[C@H]4CCN3C[C@@H]4C(=O)NCc3cccnc3)nn2)c1. The Morgan fingerprint density at radius 3 is 2.97 bits per heavy atom. The molecule has 3 saturated heterocycles. The van der Waals surface area contributed by atoms with Crippen LogP contribution in [0.15, 0.2) is 55.0 Å². The highest BCUT2D eigenvalue weighted by Crippen LogP contribution is 2.37. The van der Waals surface area contributed by atoms with Gasteiger partial charge in [0.25, 0.3) is 0 Å². The number of aromatic nitrogens is 4. The zero-order valence-corrected chi connectivity index (χ0v) is 17.4. The fourth-order valence-electron chi connectivity index (χ4n) is 4.88. The van der Waals surface area contributed by atoms with Crippen molar-refractivity contribution < 1.29 is 4.79 Å². The number of benzene rings is 1. The van der Waals surface area contributed by atoms with Crippen LogP contribution >= 0.6 is 0 Å². The molecule has 160 valence electrons. The fraction of sp³-hybridized carbons (Fsp3) is 0.391. The quantitative estimate of drug-likeness (QED) is 0.595. The summed E-state index contributed by atoms with van der Waals surface area (Å²) in [7, 11) is 0. The van der Waals surface area contributed by atoms with Crippen LogP contribution in [0.4, 0.5) is 5.69 Å². The molecular weight excluding hydrogens is 390 g/mol. The van der Waals surface area contributed by atoms with E-state index in [0.717, 1.165) is 55.0 Å². The molecule has 6 rings (SSSR count). The third-order valence-corrected chi connectivity index (χ3v) is 6.52. The van der Waals surface area contributed by atoms with Crippen molar-refractivity contribution in [1.29, 1.82) is 0 Å². The van der Waals surface area contributed by atoms with Crippen LogP contribution in [0.5, 0.6) is 0 Å². The predicted molar refractivity (Wildman–Crippen MR) is 118 cm³/mol. The van der Waals surface area contributed by atoms with E-state index in [1.54, 1.807) is 12.4 Å². The Kier molecular flexibility index (Phi) is 5.38.